The SMILES string of the molecule is NC1CCCCCN1I. The molecule has 0 saturated carbocycles. The van der Waals surface area contributed by atoms with Crippen LogP contribution in [0.5, 0.6) is 0 Å². The minimum absolute atomic E-state index is 0.313. The third kappa shape index (κ3) is 2.39. The Labute approximate surface area is 70.3 Å². The van der Waals surface area contributed by atoms with E-state index >= 15 is 0 Å². The van der Waals surface area contributed by atoms with Gasteiger partial charge in [-0.15, -0.1) is 0 Å². The molecule has 1 aliphatic rings. The molecule has 9 heavy (non-hydrogen) atoms. The van der Waals surface area contributed by atoms with E-state index in [-0.39, 0.29) is 0 Å². The number of halogens is 1. The first-order valence-electron chi connectivity index (χ1n) is 3.49. The van der Waals surface area contributed by atoms with Crippen LogP contribution in [0.4, 0.5) is 0 Å². The summed E-state index contributed by atoms with van der Waals surface area (Å²) < 4.78 is 2.21. The van der Waals surface area contributed by atoms with Gasteiger partial charge >= 0.3 is 0 Å². The van der Waals surface area contributed by atoms with Crippen LogP contribution in [0.15, 0.2) is 0 Å². The second kappa shape index (κ2) is 3.73. The molecule has 0 aromatic carbocycles. The molecule has 0 bridgehead atoms. The van der Waals surface area contributed by atoms with Crippen molar-refractivity contribution in [3.63, 3.8) is 0 Å². The lowest BCUT2D eigenvalue weighted by Gasteiger charge is -2.17. The summed E-state index contributed by atoms with van der Waals surface area (Å²) in [6.45, 7) is 1.17. The molecule has 1 heterocycles. The van der Waals surface area contributed by atoms with Crippen LogP contribution >= 0.6 is 22.9 Å². The predicted octanol–water partition coefficient (Wildman–Crippen LogP) is 1.50. The average Bonchev–Trinajstić information content (AvgIpc) is 1.99. The van der Waals surface area contributed by atoms with Crippen molar-refractivity contribution in [3.05, 3.63) is 0 Å². The maximum Gasteiger partial charge on any atom is 0.0663 e. The Hall–Kier alpha value is 0.650. The summed E-state index contributed by atoms with van der Waals surface area (Å²) in [4.78, 5) is 0. The first kappa shape index (κ1) is 7.75. The van der Waals surface area contributed by atoms with Crippen molar-refractivity contribution in [3.8, 4) is 0 Å². The molecular weight excluding hydrogens is 227 g/mol. The van der Waals surface area contributed by atoms with Crippen molar-refractivity contribution in [1.29, 1.82) is 0 Å². The van der Waals surface area contributed by atoms with Gasteiger partial charge in [-0.05, 0) is 12.8 Å². The van der Waals surface area contributed by atoms with Crippen molar-refractivity contribution in [2.45, 2.75) is 31.8 Å². The molecule has 0 amide bonds. The normalized spacial score (nSPS) is 32.0. The molecule has 1 atom stereocenters. The van der Waals surface area contributed by atoms with Crippen LogP contribution in [0.25, 0.3) is 0 Å². The molecule has 1 saturated heterocycles. The van der Waals surface area contributed by atoms with Gasteiger partial charge in [0.15, 0.2) is 0 Å². The molecule has 0 aromatic rings. The van der Waals surface area contributed by atoms with Crippen molar-refractivity contribution >= 4 is 22.9 Å². The fourth-order valence-corrected chi connectivity index (χ4v) is 1.72. The molecule has 0 radical (unpaired) electrons. The van der Waals surface area contributed by atoms with Crippen LogP contribution in [0.2, 0.25) is 0 Å². The monoisotopic (exact) mass is 240 g/mol. The summed E-state index contributed by atoms with van der Waals surface area (Å²) in [5.41, 5.74) is 5.80. The van der Waals surface area contributed by atoms with E-state index in [4.69, 9.17) is 5.73 Å². The van der Waals surface area contributed by atoms with E-state index < -0.39 is 0 Å². The lowest BCUT2D eigenvalue weighted by molar-refractivity contribution is 0.395. The van der Waals surface area contributed by atoms with Crippen LogP contribution in [-0.4, -0.2) is 15.8 Å². The maximum absolute atomic E-state index is 5.80. The Bertz CT molecular complexity index is 77.1. The van der Waals surface area contributed by atoms with Crippen molar-refractivity contribution in [2.24, 2.45) is 5.73 Å². The zero-order chi connectivity index (χ0) is 6.69. The van der Waals surface area contributed by atoms with E-state index in [0.717, 1.165) is 0 Å². The van der Waals surface area contributed by atoms with E-state index in [1.54, 1.807) is 0 Å². The quantitative estimate of drug-likeness (QED) is 0.513. The van der Waals surface area contributed by atoms with Crippen molar-refractivity contribution in [1.82, 2.24) is 3.11 Å². The second-order valence-electron chi connectivity index (χ2n) is 2.54. The van der Waals surface area contributed by atoms with E-state index in [9.17, 15) is 0 Å². The molecule has 0 spiro atoms. The van der Waals surface area contributed by atoms with Crippen LogP contribution in [0, 0.1) is 0 Å². The van der Waals surface area contributed by atoms with Gasteiger partial charge in [-0.2, -0.15) is 0 Å². The molecule has 2 nitrogen and oxygen atoms in total. The molecule has 0 aliphatic carbocycles. The minimum Gasteiger partial charge on any atom is -0.315 e. The van der Waals surface area contributed by atoms with Gasteiger partial charge in [0, 0.05) is 29.4 Å². The first-order chi connectivity index (χ1) is 4.30. The van der Waals surface area contributed by atoms with Gasteiger partial charge in [0.05, 0.1) is 6.17 Å². The summed E-state index contributed by atoms with van der Waals surface area (Å²) in [5, 5.41) is 0. The topological polar surface area (TPSA) is 29.3 Å². The van der Waals surface area contributed by atoms with Gasteiger partial charge in [-0.3, -0.25) is 0 Å². The van der Waals surface area contributed by atoms with E-state index in [1.165, 1.54) is 32.2 Å². The Kier molecular flexibility index (Phi) is 3.21. The number of hydrogen-bond donors (Lipinski definition) is 1. The van der Waals surface area contributed by atoms with Crippen LogP contribution in [0.3, 0.4) is 0 Å². The highest BCUT2D eigenvalue weighted by atomic mass is 127. The molecule has 0 aromatic heterocycles. The lowest BCUT2D eigenvalue weighted by atomic mass is 10.2. The van der Waals surface area contributed by atoms with E-state index in [0.29, 0.717) is 6.17 Å². The molecule has 54 valence electrons. The summed E-state index contributed by atoms with van der Waals surface area (Å²) in [6, 6.07) is 0. The van der Waals surface area contributed by atoms with Crippen molar-refractivity contribution in [2.75, 3.05) is 6.54 Å². The third-order valence-electron chi connectivity index (χ3n) is 1.73. The number of hydrogen-bond acceptors (Lipinski definition) is 2. The number of rotatable bonds is 0. The van der Waals surface area contributed by atoms with Gasteiger partial charge in [0.2, 0.25) is 0 Å². The molecule has 2 N–H and O–H groups in total. The van der Waals surface area contributed by atoms with Crippen LogP contribution in [0.1, 0.15) is 25.7 Å². The summed E-state index contributed by atoms with van der Waals surface area (Å²) in [7, 11) is 0. The van der Waals surface area contributed by atoms with E-state index in [2.05, 4.69) is 26.0 Å². The smallest absolute Gasteiger partial charge is 0.0663 e. The Morgan fingerprint density at radius 2 is 2.11 bits per heavy atom. The highest BCUT2D eigenvalue weighted by Gasteiger charge is 2.13. The lowest BCUT2D eigenvalue weighted by Crippen LogP contribution is -2.33. The van der Waals surface area contributed by atoms with Gasteiger partial charge in [0.25, 0.3) is 0 Å². The zero-order valence-electron chi connectivity index (χ0n) is 5.52. The number of nitrogens with zero attached hydrogens (tertiary/aromatic N) is 1. The fraction of sp³-hybridized carbons (Fsp3) is 1.00. The predicted molar refractivity (Wildman–Crippen MR) is 47.2 cm³/mol. The van der Waals surface area contributed by atoms with E-state index in [1.807, 2.05) is 0 Å². The van der Waals surface area contributed by atoms with Crippen LogP contribution < -0.4 is 5.73 Å². The summed E-state index contributed by atoms with van der Waals surface area (Å²) >= 11 is 2.32. The van der Waals surface area contributed by atoms with Gasteiger partial charge in [0.1, 0.15) is 0 Å². The van der Waals surface area contributed by atoms with Gasteiger partial charge in [-0.25, -0.2) is 3.11 Å². The summed E-state index contributed by atoms with van der Waals surface area (Å²) in [6.07, 6.45) is 5.46. The Balaban J connectivity index is 2.32. The maximum atomic E-state index is 5.80. The Morgan fingerprint density at radius 1 is 1.33 bits per heavy atom. The largest absolute Gasteiger partial charge is 0.315 e. The van der Waals surface area contributed by atoms with Crippen molar-refractivity contribution < 1.29 is 0 Å². The summed E-state index contributed by atoms with van der Waals surface area (Å²) in [5.74, 6) is 0. The minimum atomic E-state index is 0.313. The third-order valence-corrected chi connectivity index (χ3v) is 2.93. The molecule has 3 heteroatoms. The fourth-order valence-electron chi connectivity index (χ4n) is 1.10. The number of nitrogens with two attached hydrogens (primary N) is 1. The Morgan fingerprint density at radius 3 is 2.89 bits per heavy atom. The molecular formula is C6H13IN2. The standard InChI is InChI=1S/C6H13IN2/c7-9-5-3-1-2-4-6(9)8/h6H,1-5,8H2. The van der Waals surface area contributed by atoms with Crippen LogP contribution in [-0.2, 0) is 0 Å². The molecule has 1 rings (SSSR count). The van der Waals surface area contributed by atoms with Gasteiger partial charge in [-0.1, -0.05) is 12.8 Å². The molecule has 1 fully saturated rings. The highest BCUT2D eigenvalue weighted by Crippen LogP contribution is 2.16. The second-order valence-corrected chi connectivity index (χ2v) is 3.78. The molecule has 1 unspecified atom stereocenters. The molecule has 1 aliphatic heterocycles. The van der Waals surface area contributed by atoms with Gasteiger partial charge < -0.3 is 5.73 Å². The average molecular weight is 240 g/mol. The first-order valence-corrected chi connectivity index (χ1v) is 4.45. The highest BCUT2D eigenvalue weighted by molar-refractivity contribution is 14.1. The zero-order valence-corrected chi connectivity index (χ0v) is 7.67.